The van der Waals surface area contributed by atoms with E-state index in [0.717, 1.165) is 61.1 Å². The van der Waals surface area contributed by atoms with Crippen LogP contribution in [0.1, 0.15) is 42.5 Å². The minimum Gasteiger partial charge on any atom is -0.493 e. The lowest BCUT2D eigenvalue weighted by atomic mass is 10.1. The molecule has 33 heavy (non-hydrogen) atoms. The fraction of sp³-hybridized carbons (Fsp3) is 0.609. The Morgan fingerprint density at radius 3 is 2.61 bits per heavy atom. The molecule has 1 heterocycles. The van der Waals surface area contributed by atoms with Gasteiger partial charge in [0, 0.05) is 52.5 Å². The van der Waals surface area contributed by atoms with Gasteiger partial charge in [0.05, 0.1) is 19.7 Å². The molecule has 0 bridgehead atoms. The standard InChI is InChI=1S/C23H38N6O3.HI/c1-6-31-13-7-11-24-23(26-17-22-28-27-19(3)29(22)4)25-16-20-10-9-18(2)15-21(20)32-14-8-12-30-5;/h9-10,15H,6-8,11-14,16-17H2,1-5H3,(H2,24,25,26);1H. The summed E-state index contributed by atoms with van der Waals surface area (Å²) in [4.78, 5) is 4.79. The van der Waals surface area contributed by atoms with Crippen LogP contribution in [0.25, 0.3) is 0 Å². The lowest BCUT2D eigenvalue weighted by molar-refractivity contribution is 0.145. The van der Waals surface area contributed by atoms with Gasteiger partial charge in [-0.05, 0) is 38.8 Å². The number of nitrogens with one attached hydrogen (secondary N) is 2. The number of benzene rings is 1. The molecule has 0 fully saturated rings. The van der Waals surface area contributed by atoms with Crippen LogP contribution < -0.4 is 15.4 Å². The smallest absolute Gasteiger partial charge is 0.191 e. The molecule has 186 valence electrons. The van der Waals surface area contributed by atoms with E-state index in [4.69, 9.17) is 19.2 Å². The third kappa shape index (κ3) is 10.7. The number of hydrogen-bond acceptors (Lipinski definition) is 6. The van der Waals surface area contributed by atoms with Crippen LogP contribution in [-0.2, 0) is 29.6 Å². The van der Waals surface area contributed by atoms with E-state index in [2.05, 4.69) is 46.0 Å². The zero-order valence-corrected chi connectivity index (χ0v) is 22.8. The van der Waals surface area contributed by atoms with E-state index < -0.39 is 0 Å². The van der Waals surface area contributed by atoms with Gasteiger partial charge in [0.2, 0.25) is 0 Å². The summed E-state index contributed by atoms with van der Waals surface area (Å²) in [5.41, 5.74) is 2.20. The topological polar surface area (TPSA) is 94.8 Å². The van der Waals surface area contributed by atoms with Crippen LogP contribution in [0.4, 0.5) is 0 Å². The van der Waals surface area contributed by atoms with E-state index in [0.29, 0.717) is 32.3 Å². The Hall–Kier alpha value is -1.92. The second kappa shape index (κ2) is 16.7. The summed E-state index contributed by atoms with van der Waals surface area (Å²) in [6.45, 7) is 10.5. The van der Waals surface area contributed by atoms with Gasteiger partial charge >= 0.3 is 0 Å². The maximum absolute atomic E-state index is 6.00. The van der Waals surface area contributed by atoms with Gasteiger partial charge < -0.3 is 29.4 Å². The van der Waals surface area contributed by atoms with E-state index in [1.54, 1.807) is 7.11 Å². The van der Waals surface area contributed by atoms with Crippen molar-refractivity contribution in [1.29, 1.82) is 0 Å². The monoisotopic (exact) mass is 574 g/mol. The molecule has 0 aliphatic rings. The predicted octanol–water partition coefficient (Wildman–Crippen LogP) is 3.13. The van der Waals surface area contributed by atoms with E-state index in [1.807, 2.05) is 25.5 Å². The number of methoxy groups -OCH3 is 1. The molecule has 0 unspecified atom stereocenters. The molecule has 9 nitrogen and oxygen atoms in total. The number of aromatic nitrogens is 3. The van der Waals surface area contributed by atoms with Gasteiger partial charge in [0.15, 0.2) is 11.8 Å². The number of rotatable bonds is 14. The molecule has 0 aliphatic heterocycles. The Morgan fingerprint density at radius 1 is 1.09 bits per heavy atom. The zero-order valence-electron chi connectivity index (χ0n) is 20.5. The zero-order chi connectivity index (χ0) is 23.2. The Bertz CT molecular complexity index is 844. The average Bonchev–Trinajstić information content (AvgIpc) is 3.11. The lowest BCUT2D eigenvalue weighted by Gasteiger charge is -2.14. The molecule has 0 spiro atoms. The van der Waals surface area contributed by atoms with Crippen molar-refractivity contribution in [3.05, 3.63) is 41.0 Å². The van der Waals surface area contributed by atoms with E-state index in [9.17, 15) is 0 Å². The van der Waals surface area contributed by atoms with Crippen LogP contribution in [0.15, 0.2) is 23.2 Å². The first-order chi connectivity index (χ1) is 15.5. The molecule has 2 N–H and O–H groups in total. The normalized spacial score (nSPS) is 11.2. The highest BCUT2D eigenvalue weighted by Gasteiger charge is 2.08. The predicted molar refractivity (Wildman–Crippen MR) is 141 cm³/mol. The van der Waals surface area contributed by atoms with Crippen molar-refractivity contribution in [2.24, 2.45) is 12.0 Å². The van der Waals surface area contributed by atoms with Crippen molar-refractivity contribution in [3.8, 4) is 5.75 Å². The Morgan fingerprint density at radius 2 is 1.91 bits per heavy atom. The number of ether oxygens (including phenoxy) is 3. The molecule has 10 heteroatoms. The summed E-state index contributed by atoms with van der Waals surface area (Å²) in [7, 11) is 3.66. The van der Waals surface area contributed by atoms with Crippen molar-refractivity contribution in [1.82, 2.24) is 25.4 Å². The third-order valence-corrected chi connectivity index (χ3v) is 4.94. The van der Waals surface area contributed by atoms with Crippen LogP contribution in [0.2, 0.25) is 0 Å². The SMILES string of the molecule is CCOCCCNC(=NCc1ccc(C)cc1OCCCOC)NCc1nnc(C)n1C.I. The van der Waals surface area contributed by atoms with Gasteiger partial charge in [-0.25, -0.2) is 4.99 Å². The van der Waals surface area contributed by atoms with Crippen LogP contribution in [0.5, 0.6) is 5.75 Å². The minimum absolute atomic E-state index is 0. The summed E-state index contributed by atoms with van der Waals surface area (Å²) >= 11 is 0. The van der Waals surface area contributed by atoms with Crippen LogP contribution in [0.3, 0.4) is 0 Å². The second-order valence-corrected chi connectivity index (χ2v) is 7.52. The van der Waals surface area contributed by atoms with Crippen LogP contribution >= 0.6 is 24.0 Å². The van der Waals surface area contributed by atoms with Gasteiger partial charge in [-0.3, -0.25) is 0 Å². The first-order valence-corrected chi connectivity index (χ1v) is 11.2. The first kappa shape index (κ1) is 29.1. The number of nitrogens with zero attached hydrogens (tertiary/aromatic N) is 4. The fourth-order valence-corrected chi connectivity index (χ4v) is 2.94. The number of aryl methyl sites for hydroxylation is 2. The Labute approximate surface area is 214 Å². The highest BCUT2D eigenvalue weighted by molar-refractivity contribution is 14.0. The number of hydrogen-bond donors (Lipinski definition) is 2. The van der Waals surface area contributed by atoms with Crippen LogP contribution in [-0.4, -0.2) is 60.8 Å². The van der Waals surface area contributed by atoms with Crippen molar-refractivity contribution in [2.45, 2.75) is 46.7 Å². The highest BCUT2D eigenvalue weighted by atomic mass is 127. The summed E-state index contributed by atoms with van der Waals surface area (Å²) in [5.74, 6) is 3.31. The second-order valence-electron chi connectivity index (χ2n) is 7.52. The molecule has 2 aromatic rings. The van der Waals surface area contributed by atoms with Crippen molar-refractivity contribution >= 4 is 29.9 Å². The molecule has 0 saturated carbocycles. The largest absolute Gasteiger partial charge is 0.493 e. The third-order valence-electron chi connectivity index (χ3n) is 4.94. The number of aliphatic imine (C=N–C) groups is 1. The summed E-state index contributed by atoms with van der Waals surface area (Å²) in [6, 6.07) is 6.21. The minimum atomic E-state index is 0. The molecule has 0 radical (unpaired) electrons. The molecule has 0 amide bonds. The number of halogens is 1. The maximum atomic E-state index is 6.00. The van der Waals surface area contributed by atoms with Crippen molar-refractivity contribution < 1.29 is 14.2 Å². The summed E-state index contributed by atoms with van der Waals surface area (Å²) in [5, 5.41) is 15.1. The molecule has 0 atom stereocenters. The van der Waals surface area contributed by atoms with Crippen molar-refractivity contribution in [2.75, 3.05) is 40.1 Å². The summed E-state index contributed by atoms with van der Waals surface area (Å²) < 4.78 is 18.5. The molecular formula is C23H39IN6O3. The Kier molecular flexibility index (Phi) is 14.7. The quantitative estimate of drug-likeness (QED) is 0.155. The van der Waals surface area contributed by atoms with Gasteiger partial charge in [0.25, 0.3) is 0 Å². The number of guanidine groups is 1. The van der Waals surface area contributed by atoms with Gasteiger partial charge in [-0.15, -0.1) is 34.2 Å². The molecule has 0 saturated heterocycles. The van der Waals surface area contributed by atoms with Crippen LogP contribution in [0, 0.1) is 13.8 Å². The molecule has 0 aliphatic carbocycles. The van der Waals surface area contributed by atoms with Gasteiger partial charge in [0.1, 0.15) is 11.6 Å². The highest BCUT2D eigenvalue weighted by Crippen LogP contribution is 2.21. The maximum Gasteiger partial charge on any atom is 0.191 e. The van der Waals surface area contributed by atoms with Gasteiger partial charge in [-0.2, -0.15) is 0 Å². The Balaban J connectivity index is 0.00000544. The fourth-order valence-electron chi connectivity index (χ4n) is 2.94. The molecule has 1 aromatic carbocycles. The molecular weight excluding hydrogens is 535 g/mol. The molecule has 2 rings (SSSR count). The van der Waals surface area contributed by atoms with Crippen molar-refractivity contribution in [3.63, 3.8) is 0 Å². The van der Waals surface area contributed by atoms with E-state index in [-0.39, 0.29) is 24.0 Å². The molecule has 1 aromatic heterocycles. The first-order valence-electron chi connectivity index (χ1n) is 11.2. The summed E-state index contributed by atoms with van der Waals surface area (Å²) in [6.07, 6.45) is 1.74. The van der Waals surface area contributed by atoms with E-state index in [1.165, 1.54) is 0 Å². The lowest BCUT2D eigenvalue weighted by Crippen LogP contribution is -2.38. The van der Waals surface area contributed by atoms with Gasteiger partial charge in [-0.1, -0.05) is 12.1 Å². The average molecular weight is 575 g/mol. The van der Waals surface area contributed by atoms with E-state index >= 15 is 0 Å².